The van der Waals surface area contributed by atoms with Gasteiger partial charge in [0, 0.05) is 10.0 Å². The summed E-state index contributed by atoms with van der Waals surface area (Å²) in [5.74, 6) is -0.213. The van der Waals surface area contributed by atoms with Crippen molar-refractivity contribution in [1.29, 1.82) is 0 Å². The SMILES string of the molecule is CC1(NC(=O)c2ccc(Br)c(Cl)c2)CCS(=O)(=O)C1. The number of hydrogen-bond acceptors (Lipinski definition) is 3. The van der Waals surface area contributed by atoms with Crippen molar-refractivity contribution in [2.75, 3.05) is 11.5 Å². The Morgan fingerprint density at radius 2 is 2.16 bits per heavy atom. The van der Waals surface area contributed by atoms with Gasteiger partial charge in [0.25, 0.3) is 5.91 Å². The molecule has 19 heavy (non-hydrogen) atoms. The molecule has 1 atom stereocenters. The second kappa shape index (κ2) is 5.07. The highest BCUT2D eigenvalue weighted by Crippen LogP contribution is 2.25. The fourth-order valence-corrected chi connectivity index (χ4v) is 4.61. The molecule has 2 rings (SSSR count). The van der Waals surface area contributed by atoms with E-state index in [2.05, 4.69) is 21.2 Å². The van der Waals surface area contributed by atoms with Crippen LogP contribution in [0.4, 0.5) is 0 Å². The van der Waals surface area contributed by atoms with Crippen LogP contribution >= 0.6 is 27.5 Å². The number of nitrogens with one attached hydrogen (secondary N) is 1. The van der Waals surface area contributed by atoms with Crippen molar-refractivity contribution >= 4 is 43.3 Å². The standard InChI is InChI=1S/C12H13BrClNO3S/c1-12(4-5-19(17,18)7-12)15-11(16)8-2-3-9(13)10(14)6-8/h2-3,6H,4-5,7H2,1H3,(H,15,16). The van der Waals surface area contributed by atoms with Gasteiger partial charge in [-0.05, 0) is 47.5 Å². The summed E-state index contributed by atoms with van der Waals surface area (Å²) in [7, 11) is -3.04. The average Bonchev–Trinajstić information content (AvgIpc) is 2.56. The van der Waals surface area contributed by atoms with Crippen LogP contribution < -0.4 is 5.32 Å². The third-order valence-corrected chi connectivity index (χ3v) is 6.24. The lowest BCUT2D eigenvalue weighted by Crippen LogP contribution is -2.46. The third kappa shape index (κ3) is 3.49. The molecule has 1 aromatic carbocycles. The fourth-order valence-electron chi connectivity index (χ4n) is 2.09. The maximum absolute atomic E-state index is 12.1. The van der Waals surface area contributed by atoms with Gasteiger partial charge in [0.2, 0.25) is 0 Å². The van der Waals surface area contributed by atoms with E-state index >= 15 is 0 Å². The molecule has 7 heteroatoms. The Morgan fingerprint density at radius 1 is 1.47 bits per heavy atom. The highest BCUT2D eigenvalue weighted by Gasteiger charge is 2.39. The Kier molecular flexibility index (Phi) is 3.95. The second-order valence-corrected chi connectivity index (χ2v) is 8.43. The first kappa shape index (κ1) is 14.8. The van der Waals surface area contributed by atoms with E-state index in [0.29, 0.717) is 21.5 Å². The fraction of sp³-hybridized carbons (Fsp3) is 0.417. The molecule has 1 fully saturated rings. The first-order chi connectivity index (χ1) is 8.71. The van der Waals surface area contributed by atoms with Crippen LogP contribution in [0.2, 0.25) is 5.02 Å². The zero-order chi connectivity index (χ0) is 14.3. The smallest absolute Gasteiger partial charge is 0.251 e. The molecule has 1 heterocycles. The van der Waals surface area contributed by atoms with Gasteiger partial charge in [0.1, 0.15) is 0 Å². The van der Waals surface area contributed by atoms with E-state index in [9.17, 15) is 13.2 Å². The summed E-state index contributed by atoms with van der Waals surface area (Å²) in [5.41, 5.74) is -0.283. The Labute approximate surface area is 125 Å². The van der Waals surface area contributed by atoms with Crippen LogP contribution in [-0.2, 0) is 9.84 Å². The predicted molar refractivity (Wildman–Crippen MR) is 78.3 cm³/mol. The van der Waals surface area contributed by atoms with E-state index in [1.165, 1.54) is 0 Å². The van der Waals surface area contributed by atoms with Gasteiger partial charge in [-0.3, -0.25) is 4.79 Å². The summed E-state index contributed by atoms with van der Waals surface area (Å²) in [6.45, 7) is 1.75. The van der Waals surface area contributed by atoms with Crippen LogP contribution in [0.15, 0.2) is 22.7 Å². The molecular formula is C12H13BrClNO3S. The molecule has 0 radical (unpaired) electrons. The lowest BCUT2D eigenvalue weighted by atomic mass is 10.0. The van der Waals surface area contributed by atoms with Crippen molar-refractivity contribution in [3.63, 3.8) is 0 Å². The van der Waals surface area contributed by atoms with Crippen molar-refractivity contribution in [2.45, 2.75) is 18.9 Å². The van der Waals surface area contributed by atoms with Gasteiger partial charge in [-0.1, -0.05) is 11.6 Å². The lowest BCUT2D eigenvalue weighted by Gasteiger charge is -2.23. The van der Waals surface area contributed by atoms with Gasteiger partial charge >= 0.3 is 0 Å². The Bertz CT molecular complexity index is 632. The Morgan fingerprint density at radius 3 is 2.68 bits per heavy atom. The predicted octanol–water partition coefficient (Wildman–Crippen LogP) is 2.41. The Hall–Kier alpha value is -0.590. The zero-order valence-corrected chi connectivity index (χ0v) is 13.4. The molecule has 1 unspecified atom stereocenters. The van der Waals surface area contributed by atoms with Crippen molar-refractivity contribution in [2.24, 2.45) is 0 Å². The number of halogens is 2. The highest BCUT2D eigenvalue weighted by atomic mass is 79.9. The molecule has 1 amide bonds. The van der Waals surface area contributed by atoms with Crippen LogP contribution in [0.5, 0.6) is 0 Å². The molecule has 1 saturated heterocycles. The number of amides is 1. The monoisotopic (exact) mass is 365 g/mol. The maximum atomic E-state index is 12.1. The quantitative estimate of drug-likeness (QED) is 0.874. The molecule has 0 aromatic heterocycles. The minimum atomic E-state index is -3.04. The van der Waals surface area contributed by atoms with Gasteiger partial charge in [-0.15, -0.1) is 0 Å². The average molecular weight is 367 g/mol. The summed E-state index contributed by atoms with van der Waals surface area (Å²) >= 11 is 9.18. The lowest BCUT2D eigenvalue weighted by molar-refractivity contribution is 0.0915. The van der Waals surface area contributed by atoms with E-state index in [1.807, 2.05) is 0 Å². The van der Waals surface area contributed by atoms with E-state index in [4.69, 9.17) is 11.6 Å². The molecule has 0 bridgehead atoms. The molecule has 4 nitrogen and oxygen atoms in total. The normalized spacial score (nSPS) is 25.2. The maximum Gasteiger partial charge on any atom is 0.251 e. The van der Waals surface area contributed by atoms with Gasteiger partial charge in [-0.25, -0.2) is 8.42 Å². The first-order valence-electron chi connectivity index (χ1n) is 5.69. The topological polar surface area (TPSA) is 63.2 Å². The highest BCUT2D eigenvalue weighted by molar-refractivity contribution is 9.10. The molecule has 1 N–H and O–H groups in total. The molecular weight excluding hydrogens is 354 g/mol. The number of carbonyl (C=O) groups is 1. The molecule has 0 saturated carbocycles. The number of carbonyl (C=O) groups excluding carboxylic acids is 1. The minimum Gasteiger partial charge on any atom is -0.346 e. The van der Waals surface area contributed by atoms with Crippen molar-refractivity contribution in [1.82, 2.24) is 5.32 Å². The molecule has 0 aliphatic carbocycles. The van der Waals surface area contributed by atoms with Crippen molar-refractivity contribution < 1.29 is 13.2 Å². The van der Waals surface area contributed by atoms with Gasteiger partial charge in [0.15, 0.2) is 9.84 Å². The van der Waals surface area contributed by atoms with E-state index in [1.54, 1.807) is 25.1 Å². The molecule has 1 aliphatic rings. The summed E-state index contributed by atoms with van der Waals surface area (Å²) < 4.78 is 23.7. The summed E-state index contributed by atoms with van der Waals surface area (Å²) in [6.07, 6.45) is 0.436. The van der Waals surface area contributed by atoms with Crippen LogP contribution in [-0.4, -0.2) is 31.4 Å². The zero-order valence-electron chi connectivity index (χ0n) is 10.2. The van der Waals surface area contributed by atoms with Gasteiger partial charge in [0.05, 0.1) is 22.1 Å². The number of sulfone groups is 1. The van der Waals surface area contributed by atoms with Crippen molar-refractivity contribution in [3.8, 4) is 0 Å². The van der Waals surface area contributed by atoms with Gasteiger partial charge < -0.3 is 5.32 Å². The molecule has 1 aromatic rings. The molecule has 1 aliphatic heterocycles. The van der Waals surface area contributed by atoms with Gasteiger partial charge in [-0.2, -0.15) is 0 Å². The number of hydrogen-bond donors (Lipinski definition) is 1. The summed E-state index contributed by atoms with van der Waals surface area (Å²) in [6, 6.07) is 4.87. The summed E-state index contributed by atoms with van der Waals surface area (Å²) in [5, 5.41) is 3.22. The van der Waals surface area contributed by atoms with E-state index in [0.717, 1.165) is 0 Å². The molecule has 0 spiro atoms. The minimum absolute atomic E-state index is 0.0179. The Balaban J connectivity index is 2.15. The van der Waals surface area contributed by atoms with Crippen LogP contribution in [0.25, 0.3) is 0 Å². The largest absolute Gasteiger partial charge is 0.346 e. The van der Waals surface area contributed by atoms with Crippen LogP contribution in [0, 0.1) is 0 Å². The number of benzene rings is 1. The van der Waals surface area contributed by atoms with Crippen molar-refractivity contribution in [3.05, 3.63) is 33.3 Å². The van der Waals surface area contributed by atoms with Crippen LogP contribution in [0.3, 0.4) is 0 Å². The number of rotatable bonds is 2. The second-order valence-electron chi connectivity index (χ2n) is 4.99. The van der Waals surface area contributed by atoms with Crippen LogP contribution in [0.1, 0.15) is 23.7 Å². The van der Waals surface area contributed by atoms with E-state index in [-0.39, 0.29) is 17.4 Å². The first-order valence-corrected chi connectivity index (χ1v) is 8.68. The summed E-state index contributed by atoms with van der Waals surface area (Å²) in [4.78, 5) is 12.1. The molecule has 104 valence electrons. The van der Waals surface area contributed by atoms with E-state index < -0.39 is 15.4 Å². The third-order valence-electron chi connectivity index (χ3n) is 3.10.